The molecule has 0 aliphatic carbocycles. The van der Waals surface area contributed by atoms with Gasteiger partial charge < -0.3 is 14.4 Å². The van der Waals surface area contributed by atoms with Gasteiger partial charge in [0, 0.05) is 23.1 Å². The molecule has 0 fully saturated rings. The molecule has 2 aliphatic heterocycles. The van der Waals surface area contributed by atoms with Crippen LogP contribution in [-0.4, -0.2) is 48.4 Å². The third kappa shape index (κ3) is 4.16. The van der Waals surface area contributed by atoms with E-state index in [1.807, 2.05) is 44.4 Å². The van der Waals surface area contributed by atoms with E-state index < -0.39 is 6.10 Å². The number of likely N-dealkylation sites (N-methyl/N-ethyl adjacent to an activating group) is 1. The fourth-order valence-electron chi connectivity index (χ4n) is 4.36. The van der Waals surface area contributed by atoms with Gasteiger partial charge in [0.2, 0.25) is 0 Å². The minimum absolute atomic E-state index is 0.0214. The van der Waals surface area contributed by atoms with E-state index in [1.54, 1.807) is 34.4 Å². The van der Waals surface area contributed by atoms with Crippen LogP contribution >= 0.6 is 11.3 Å². The highest BCUT2D eigenvalue weighted by Crippen LogP contribution is 2.39. The monoisotopic (exact) mass is 491 g/mol. The summed E-state index contributed by atoms with van der Waals surface area (Å²) in [6.07, 6.45) is -0.174. The molecule has 2 aromatic carbocycles. The summed E-state index contributed by atoms with van der Waals surface area (Å²) in [6, 6.07) is 10.6. The Morgan fingerprint density at radius 3 is 2.57 bits per heavy atom. The number of amides is 2. The number of carbonyl (C=O) groups excluding carboxylic acids is 3. The van der Waals surface area contributed by atoms with Gasteiger partial charge in [-0.1, -0.05) is 6.92 Å². The first-order chi connectivity index (χ1) is 16.9. The third-order valence-electron chi connectivity index (χ3n) is 6.19. The van der Waals surface area contributed by atoms with Crippen molar-refractivity contribution in [1.82, 2.24) is 4.98 Å². The van der Waals surface area contributed by atoms with Crippen molar-refractivity contribution >= 4 is 40.3 Å². The molecule has 0 N–H and O–H groups in total. The molecule has 2 aliphatic rings. The molecule has 1 aromatic heterocycles. The molecule has 5 rings (SSSR count). The maximum absolute atomic E-state index is 13.4. The molecule has 35 heavy (non-hydrogen) atoms. The predicted octanol–water partition coefficient (Wildman–Crippen LogP) is 4.25. The highest BCUT2D eigenvalue weighted by Gasteiger charge is 2.35. The van der Waals surface area contributed by atoms with E-state index in [0.717, 1.165) is 16.3 Å². The number of carbonyl (C=O) groups is 3. The molecule has 0 radical (unpaired) electrons. The summed E-state index contributed by atoms with van der Waals surface area (Å²) in [5.41, 5.74) is 3.17. The maximum atomic E-state index is 13.4. The van der Waals surface area contributed by atoms with E-state index >= 15 is 0 Å². The number of nitrogens with zero attached hydrogens (tertiary/aromatic N) is 3. The molecule has 1 unspecified atom stereocenters. The fourth-order valence-corrected chi connectivity index (χ4v) is 4.98. The highest BCUT2D eigenvalue weighted by molar-refractivity contribution is 7.09. The first kappa shape index (κ1) is 23.0. The maximum Gasteiger partial charge on any atom is 0.268 e. The molecular formula is C26H25N3O5S. The molecule has 2 amide bonds. The number of anilines is 2. The summed E-state index contributed by atoms with van der Waals surface area (Å²) in [5, 5.41) is 2.90. The van der Waals surface area contributed by atoms with Crippen molar-refractivity contribution in [3.63, 3.8) is 0 Å². The zero-order chi connectivity index (χ0) is 24.7. The number of benzene rings is 2. The van der Waals surface area contributed by atoms with Crippen LogP contribution in [0.5, 0.6) is 11.5 Å². The Hall–Kier alpha value is -3.72. The van der Waals surface area contributed by atoms with Gasteiger partial charge in [0.1, 0.15) is 11.5 Å². The van der Waals surface area contributed by atoms with E-state index in [9.17, 15) is 14.4 Å². The van der Waals surface area contributed by atoms with Crippen LogP contribution in [-0.2, 0) is 9.59 Å². The van der Waals surface area contributed by atoms with Crippen LogP contribution in [0.25, 0.3) is 11.3 Å². The molecule has 9 heteroatoms. The van der Waals surface area contributed by atoms with Crippen LogP contribution < -0.4 is 19.3 Å². The molecule has 0 spiro atoms. The van der Waals surface area contributed by atoms with E-state index in [4.69, 9.17) is 9.47 Å². The predicted molar refractivity (Wildman–Crippen MR) is 134 cm³/mol. The van der Waals surface area contributed by atoms with Crippen LogP contribution in [0.3, 0.4) is 0 Å². The zero-order valence-electron chi connectivity index (χ0n) is 19.7. The number of aryl methyl sites for hydroxylation is 1. The average molecular weight is 492 g/mol. The van der Waals surface area contributed by atoms with Crippen LogP contribution in [0, 0.1) is 6.92 Å². The lowest BCUT2D eigenvalue weighted by Gasteiger charge is -2.34. The highest BCUT2D eigenvalue weighted by atomic mass is 32.1. The van der Waals surface area contributed by atoms with Crippen LogP contribution in [0.2, 0.25) is 0 Å². The molecule has 0 bridgehead atoms. The lowest BCUT2D eigenvalue weighted by Crippen LogP contribution is -2.47. The van der Waals surface area contributed by atoms with Gasteiger partial charge in [-0.2, -0.15) is 0 Å². The molecular weight excluding hydrogens is 466 g/mol. The summed E-state index contributed by atoms with van der Waals surface area (Å²) >= 11 is 1.55. The average Bonchev–Trinajstić information content (AvgIpc) is 3.31. The molecule has 0 saturated heterocycles. The lowest BCUT2D eigenvalue weighted by atomic mass is 10.0. The quantitative estimate of drug-likeness (QED) is 0.479. The lowest BCUT2D eigenvalue weighted by molar-refractivity contribution is -0.126. The second-order valence-electron chi connectivity index (χ2n) is 8.41. The standard InChI is InChI=1S/C26H25N3O5S/c1-4-22-26(32)29(20-10-16(6-9-24(20)34-22)18-14-35-15(3)27-18)12-21(30)17-7-8-23-19(11-17)28(5-2)25(31)13-33-23/h6-11,14,22H,4-5,12-13H2,1-3H3. The Bertz CT molecular complexity index is 1330. The Kier molecular flexibility index (Phi) is 6.02. The van der Waals surface area contributed by atoms with Crippen LogP contribution in [0.15, 0.2) is 41.8 Å². The van der Waals surface area contributed by atoms with E-state index in [1.165, 1.54) is 4.90 Å². The van der Waals surface area contributed by atoms with Gasteiger partial charge in [-0.05, 0) is 56.7 Å². The summed E-state index contributed by atoms with van der Waals surface area (Å²) < 4.78 is 11.5. The minimum atomic E-state index is -0.659. The topological polar surface area (TPSA) is 89.0 Å². The van der Waals surface area contributed by atoms with Crippen molar-refractivity contribution in [3.05, 3.63) is 52.3 Å². The summed E-state index contributed by atoms with van der Waals surface area (Å²) in [4.78, 5) is 46.5. The number of hydrogen-bond acceptors (Lipinski definition) is 7. The van der Waals surface area contributed by atoms with Gasteiger partial charge in [0.15, 0.2) is 18.5 Å². The van der Waals surface area contributed by atoms with Crippen LogP contribution in [0.1, 0.15) is 35.6 Å². The van der Waals surface area contributed by atoms with E-state index in [2.05, 4.69) is 4.98 Å². The Balaban J connectivity index is 1.49. The number of thiazole rings is 1. The number of fused-ring (bicyclic) bond motifs is 2. The van der Waals surface area contributed by atoms with Crippen LogP contribution in [0.4, 0.5) is 11.4 Å². The number of rotatable bonds is 6. The number of ether oxygens (including phenoxy) is 2. The number of hydrogen-bond donors (Lipinski definition) is 0. The first-order valence-electron chi connectivity index (χ1n) is 11.5. The van der Waals surface area contributed by atoms with Crippen molar-refractivity contribution < 1.29 is 23.9 Å². The van der Waals surface area contributed by atoms with E-state index in [-0.39, 0.29) is 30.7 Å². The van der Waals surface area contributed by atoms with Gasteiger partial charge in [0.05, 0.1) is 28.6 Å². The summed E-state index contributed by atoms with van der Waals surface area (Å²) in [7, 11) is 0. The third-order valence-corrected chi connectivity index (χ3v) is 6.96. The smallest absolute Gasteiger partial charge is 0.268 e. The number of Topliss-reactive ketones (excluding diaryl/α,β-unsaturated/α-hetero) is 1. The minimum Gasteiger partial charge on any atom is -0.482 e. The molecule has 0 saturated carbocycles. The van der Waals surface area contributed by atoms with Crippen molar-refractivity contribution in [2.75, 3.05) is 29.5 Å². The second-order valence-corrected chi connectivity index (χ2v) is 9.47. The van der Waals surface area contributed by atoms with Gasteiger partial charge in [-0.3, -0.25) is 19.3 Å². The fraction of sp³-hybridized carbons (Fsp3) is 0.308. The largest absolute Gasteiger partial charge is 0.482 e. The Morgan fingerprint density at radius 2 is 1.86 bits per heavy atom. The Labute approximate surface area is 207 Å². The molecule has 8 nitrogen and oxygen atoms in total. The zero-order valence-corrected chi connectivity index (χ0v) is 20.6. The summed E-state index contributed by atoms with van der Waals surface area (Å²) in [6.45, 7) is 5.99. The SMILES string of the molecule is CCC1Oc2ccc(-c3csc(C)n3)cc2N(CC(=O)c2ccc3c(c2)N(CC)C(=O)CO3)C1=O. The Morgan fingerprint density at radius 1 is 1.09 bits per heavy atom. The van der Waals surface area contributed by atoms with Gasteiger partial charge in [-0.15, -0.1) is 11.3 Å². The number of aromatic nitrogens is 1. The van der Waals surface area contributed by atoms with Crippen molar-refractivity contribution in [1.29, 1.82) is 0 Å². The van der Waals surface area contributed by atoms with Crippen molar-refractivity contribution in [3.8, 4) is 22.8 Å². The van der Waals surface area contributed by atoms with Gasteiger partial charge in [0.25, 0.3) is 11.8 Å². The first-order valence-corrected chi connectivity index (χ1v) is 12.4. The molecule has 180 valence electrons. The molecule has 3 heterocycles. The van der Waals surface area contributed by atoms with Crippen molar-refractivity contribution in [2.45, 2.75) is 33.3 Å². The normalized spacial score (nSPS) is 16.9. The van der Waals surface area contributed by atoms with Gasteiger partial charge >= 0.3 is 0 Å². The molecule has 1 atom stereocenters. The molecule has 3 aromatic rings. The second kappa shape index (κ2) is 9.14. The summed E-state index contributed by atoms with van der Waals surface area (Å²) in [5.74, 6) is 0.462. The van der Waals surface area contributed by atoms with Crippen molar-refractivity contribution in [2.24, 2.45) is 0 Å². The van der Waals surface area contributed by atoms with E-state index in [0.29, 0.717) is 41.4 Å². The van der Waals surface area contributed by atoms with Gasteiger partial charge in [-0.25, -0.2) is 4.98 Å². The number of ketones is 1.